The second kappa shape index (κ2) is 7.69. The van der Waals surface area contributed by atoms with E-state index in [0.29, 0.717) is 26.2 Å². The van der Waals surface area contributed by atoms with E-state index in [1.807, 2.05) is 0 Å². The number of rotatable bonds is 6. The minimum Gasteiger partial charge on any atom is -0.450 e. The van der Waals surface area contributed by atoms with Crippen LogP contribution >= 0.6 is 0 Å². The van der Waals surface area contributed by atoms with E-state index in [-0.39, 0.29) is 23.6 Å². The average Bonchev–Trinajstić information content (AvgIpc) is 2.39. The van der Waals surface area contributed by atoms with Crippen LogP contribution in [-0.2, 0) is 14.6 Å². The lowest BCUT2D eigenvalue weighted by Gasteiger charge is -2.31. The minimum atomic E-state index is -2.90. The van der Waals surface area contributed by atoms with Crippen LogP contribution in [0.4, 0.5) is 4.79 Å². The van der Waals surface area contributed by atoms with Gasteiger partial charge in [-0.3, -0.25) is 0 Å². The number of amides is 1. The van der Waals surface area contributed by atoms with E-state index in [2.05, 4.69) is 5.32 Å². The van der Waals surface area contributed by atoms with E-state index in [4.69, 9.17) is 4.74 Å². The highest BCUT2D eigenvalue weighted by atomic mass is 32.2. The first-order valence-electron chi connectivity index (χ1n) is 6.84. The maximum Gasteiger partial charge on any atom is 0.409 e. The highest BCUT2D eigenvalue weighted by Gasteiger charge is 2.23. The van der Waals surface area contributed by atoms with Crippen molar-refractivity contribution in [2.24, 2.45) is 0 Å². The first-order chi connectivity index (χ1) is 8.98. The summed E-state index contributed by atoms with van der Waals surface area (Å²) in [4.78, 5) is 13.2. The largest absolute Gasteiger partial charge is 0.450 e. The molecule has 1 N–H and O–H groups in total. The minimum absolute atomic E-state index is 0.182. The number of likely N-dealkylation sites (tertiary alicyclic amines) is 1. The molecule has 0 bridgehead atoms. The number of piperidine rings is 1. The maximum atomic E-state index is 11.5. The molecule has 0 unspecified atom stereocenters. The number of sulfone groups is 1. The van der Waals surface area contributed by atoms with Crippen molar-refractivity contribution in [3.63, 3.8) is 0 Å². The number of carbonyl (C=O) groups excluding carboxylic acids is 1. The lowest BCUT2D eigenvalue weighted by atomic mass is 10.1. The average molecular weight is 292 g/mol. The predicted molar refractivity (Wildman–Crippen MR) is 73.9 cm³/mol. The van der Waals surface area contributed by atoms with Gasteiger partial charge in [0.15, 0.2) is 9.84 Å². The summed E-state index contributed by atoms with van der Waals surface area (Å²) >= 11 is 0. The first kappa shape index (κ1) is 16.2. The van der Waals surface area contributed by atoms with E-state index >= 15 is 0 Å². The van der Waals surface area contributed by atoms with Crippen LogP contribution in [0.25, 0.3) is 0 Å². The summed E-state index contributed by atoms with van der Waals surface area (Å²) in [6.07, 6.45) is 1.42. The quantitative estimate of drug-likeness (QED) is 0.777. The van der Waals surface area contributed by atoms with Crippen LogP contribution in [-0.4, -0.2) is 63.2 Å². The Morgan fingerprint density at radius 3 is 2.47 bits per heavy atom. The van der Waals surface area contributed by atoms with E-state index in [0.717, 1.165) is 12.8 Å². The van der Waals surface area contributed by atoms with Gasteiger partial charge in [0, 0.05) is 31.4 Å². The number of nitrogens with zero attached hydrogens (tertiary/aromatic N) is 1. The Kier molecular flexibility index (Phi) is 6.57. The Morgan fingerprint density at radius 1 is 1.32 bits per heavy atom. The Hall–Kier alpha value is -0.820. The molecule has 0 aromatic heterocycles. The van der Waals surface area contributed by atoms with Gasteiger partial charge in [-0.25, -0.2) is 13.2 Å². The zero-order valence-electron chi connectivity index (χ0n) is 11.7. The van der Waals surface area contributed by atoms with Crippen molar-refractivity contribution in [3.8, 4) is 0 Å². The van der Waals surface area contributed by atoms with Crippen LogP contribution in [0.3, 0.4) is 0 Å². The van der Waals surface area contributed by atoms with E-state index in [1.165, 1.54) is 0 Å². The molecule has 1 fully saturated rings. The standard InChI is InChI=1S/C12H24N2O4S/c1-3-18-12(15)14-8-5-11(6-9-14)13-7-10-19(16,17)4-2/h11,13H,3-10H2,1-2H3. The summed E-state index contributed by atoms with van der Waals surface area (Å²) in [5.74, 6) is 0.373. The van der Waals surface area contributed by atoms with Crippen molar-refractivity contribution in [2.75, 3.05) is 37.7 Å². The second-order valence-corrected chi connectivity index (χ2v) is 7.12. The second-order valence-electron chi connectivity index (χ2n) is 4.65. The molecule has 0 aromatic carbocycles. The summed E-state index contributed by atoms with van der Waals surface area (Å²) in [6.45, 7) is 5.66. The number of hydrogen-bond donors (Lipinski definition) is 1. The smallest absolute Gasteiger partial charge is 0.409 e. The molecule has 0 spiro atoms. The third kappa shape index (κ3) is 5.78. The van der Waals surface area contributed by atoms with Gasteiger partial charge in [0.2, 0.25) is 0 Å². The summed E-state index contributed by atoms with van der Waals surface area (Å²) in [7, 11) is -2.90. The summed E-state index contributed by atoms with van der Waals surface area (Å²) in [6, 6.07) is 0.290. The molecule has 0 aromatic rings. The molecule has 0 radical (unpaired) electrons. The normalized spacial score (nSPS) is 17.5. The van der Waals surface area contributed by atoms with Gasteiger partial charge in [-0.2, -0.15) is 0 Å². The SMILES string of the molecule is CCOC(=O)N1CCC(NCCS(=O)(=O)CC)CC1. The van der Waals surface area contributed by atoms with Gasteiger partial charge >= 0.3 is 6.09 Å². The van der Waals surface area contributed by atoms with Crippen molar-refractivity contribution in [1.29, 1.82) is 0 Å². The van der Waals surface area contributed by atoms with Crippen LogP contribution in [0.15, 0.2) is 0 Å². The molecule has 0 atom stereocenters. The molecule has 0 aliphatic carbocycles. The number of nitrogens with one attached hydrogen (secondary N) is 1. The predicted octanol–water partition coefficient (Wildman–Crippen LogP) is 0.632. The van der Waals surface area contributed by atoms with Crippen molar-refractivity contribution in [2.45, 2.75) is 32.7 Å². The third-order valence-corrected chi connectivity index (χ3v) is 5.01. The molecule has 6 nitrogen and oxygen atoms in total. The molecule has 0 saturated carbocycles. The summed E-state index contributed by atoms with van der Waals surface area (Å²) in [5, 5.41) is 3.25. The highest BCUT2D eigenvalue weighted by Crippen LogP contribution is 2.11. The van der Waals surface area contributed by atoms with Gasteiger partial charge in [-0.05, 0) is 19.8 Å². The molecule has 7 heteroatoms. The van der Waals surface area contributed by atoms with Crippen LogP contribution < -0.4 is 5.32 Å². The molecule has 1 heterocycles. The maximum absolute atomic E-state index is 11.5. The fraction of sp³-hybridized carbons (Fsp3) is 0.917. The molecule has 1 saturated heterocycles. The van der Waals surface area contributed by atoms with E-state index in [9.17, 15) is 13.2 Å². The molecule has 19 heavy (non-hydrogen) atoms. The Balaban J connectivity index is 2.22. The molecule has 1 aliphatic heterocycles. The highest BCUT2D eigenvalue weighted by molar-refractivity contribution is 7.91. The van der Waals surface area contributed by atoms with Gasteiger partial charge in [0.25, 0.3) is 0 Å². The number of ether oxygens (including phenoxy) is 1. The number of hydrogen-bond acceptors (Lipinski definition) is 5. The van der Waals surface area contributed by atoms with Crippen LogP contribution in [0, 0.1) is 0 Å². The molecule has 1 amide bonds. The van der Waals surface area contributed by atoms with Gasteiger partial charge in [0.1, 0.15) is 0 Å². The fourth-order valence-electron chi connectivity index (χ4n) is 2.04. The Bertz CT molecular complexity index is 375. The van der Waals surface area contributed by atoms with Crippen molar-refractivity contribution in [1.82, 2.24) is 10.2 Å². The van der Waals surface area contributed by atoms with Crippen molar-refractivity contribution < 1.29 is 17.9 Å². The summed E-state index contributed by atoms with van der Waals surface area (Å²) in [5.41, 5.74) is 0. The van der Waals surface area contributed by atoms with Gasteiger partial charge < -0.3 is 15.0 Å². The van der Waals surface area contributed by atoms with Crippen molar-refractivity contribution >= 4 is 15.9 Å². The van der Waals surface area contributed by atoms with Gasteiger partial charge in [-0.15, -0.1) is 0 Å². The van der Waals surface area contributed by atoms with Crippen LogP contribution in [0.2, 0.25) is 0 Å². The lowest BCUT2D eigenvalue weighted by Crippen LogP contribution is -2.46. The molecular weight excluding hydrogens is 268 g/mol. The fourth-order valence-corrected chi connectivity index (χ4v) is 2.76. The van der Waals surface area contributed by atoms with E-state index < -0.39 is 9.84 Å². The topological polar surface area (TPSA) is 75.7 Å². The zero-order chi connectivity index (χ0) is 14.3. The van der Waals surface area contributed by atoms with Crippen molar-refractivity contribution in [3.05, 3.63) is 0 Å². The van der Waals surface area contributed by atoms with Gasteiger partial charge in [0.05, 0.1) is 12.4 Å². The Labute approximate surface area is 115 Å². The van der Waals surface area contributed by atoms with Crippen LogP contribution in [0.1, 0.15) is 26.7 Å². The first-order valence-corrected chi connectivity index (χ1v) is 8.66. The van der Waals surface area contributed by atoms with Gasteiger partial charge in [-0.1, -0.05) is 6.92 Å². The Morgan fingerprint density at radius 2 is 1.95 bits per heavy atom. The molecule has 112 valence electrons. The molecular formula is C12H24N2O4S. The lowest BCUT2D eigenvalue weighted by molar-refractivity contribution is 0.0953. The molecule has 1 rings (SSSR count). The van der Waals surface area contributed by atoms with Crippen LogP contribution in [0.5, 0.6) is 0 Å². The monoisotopic (exact) mass is 292 g/mol. The third-order valence-electron chi connectivity index (χ3n) is 3.31. The zero-order valence-corrected chi connectivity index (χ0v) is 12.5. The molecule has 1 aliphatic rings. The van der Waals surface area contributed by atoms with E-state index in [1.54, 1.807) is 18.7 Å². The summed E-state index contributed by atoms with van der Waals surface area (Å²) < 4.78 is 27.6. The number of carbonyl (C=O) groups is 1.